The van der Waals surface area contributed by atoms with Gasteiger partial charge in [0.25, 0.3) is 0 Å². The SMILES string of the molecule is Cc1ccc(S(=O)(=O)NCCC(=O)NCCSc2ccccc2)cc1C. The number of carbonyl (C=O) groups is 1. The number of nitrogens with one attached hydrogen (secondary N) is 2. The Morgan fingerprint density at radius 3 is 2.42 bits per heavy atom. The molecule has 0 radical (unpaired) electrons. The van der Waals surface area contributed by atoms with E-state index in [1.54, 1.807) is 30.0 Å². The van der Waals surface area contributed by atoms with E-state index in [2.05, 4.69) is 10.0 Å². The Kier molecular flexibility index (Phi) is 7.68. The maximum Gasteiger partial charge on any atom is 0.240 e. The van der Waals surface area contributed by atoms with E-state index in [9.17, 15) is 13.2 Å². The molecule has 0 fully saturated rings. The Morgan fingerprint density at radius 1 is 1.00 bits per heavy atom. The minimum absolute atomic E-state index is 0.0763. The van der Waals surface area contributed by atoms with Crippen LogP contribution >= 0.6 is 11.8 Å². The van der Waals surface area contributed by atoms with Crippen LogP contribution in [0, 0.1) is 13.8 Å². The van der Waals surface area contributed by atoms with Gasteiger partial charge in [-0.15, -0.1) is 11.8 Å². The molecule has 0 bridgehead atoms. The van der Waals surface area contributed by atoms with Crippen molar-refractivity contribution in [2.45, 2.75) is 30.1 Å². The second kappa shape index (κ2) is 9.75. The van der Waals surface area contributed by atoms with E-state index in [0.29, 0.717) is 6.54 Å². The molecule has 2 N–H and O–H groups in total. The van der Waals surface area contributed by atoms with Crippen LogP contribution < -0.4 is 10.0 Å². The number of rotatable bonds is 9. The molecule has 26 heavy (non-hydrogen) atoms. The topological polar surface area (TPSA) is 75.3 Å². The summed E-state index contributed by atoms with van der Waals surface area (Å²) in [6.07, 6.45) is 0.111. The summed E-state index contributed by atoms with van der Waals surface area (Å²) in [5.74, 6) is 0.603. The zero-order valence-electron chi connectivity index (χ0n) is 15.0. The summed E-state index contributed by atoms with van der Waals surface area (Å²) in [5, 5.41) is 2.80. The third kappa shape index (κ3) is 6.48. The second-order valence-electron chi connectivity index (χ2n) is 5.91. The van der Waals surface area contributed by atoms with Gasteiger partial charge in [0.05, 0.1) is 4.90 Å². The van der Waals surface area contributed by atoms with Crippen molar-refractivity contribution in [1.29, 1.82) is 0 Å². The van der Waals surface area contributed by atoms with Crippen LogP contribution in [0.5, 0.6) is 0 Å². The van der Waals surface area contributed by atoms with E-state index < -0.39 is 10.0 Å². The fraction of sp³-hybridized carbons (Fsp3) is 0.316. The molecular formula is C19H24N2O3S2. The Balaban J connectivity index is 1.69. The zero-order chi connectivity index (χ0) is 19.0. The van der Waals surface area contributed by atoms with Crippen molar-refractivity contribution in [3.8, 4) is 0 Å². The summed E-state index contributed by atoms with van der Waals surface area (Å²) in [4.78, 5) is 13.2. The van der Waals surface area contributed by atoms with Gasteiger partial charge in [-0.2, -0.15) is 0 Å². The lowest BCUT2D eigenvalue weighted by Gasteiger charge is -2.09. The lowest BCUT2D eigenvalue weighted by atomic mass is 10.1. The molecule has 0 aliphatic rings. The number of benzene rings is 2. The molecule has 0 atom stereocenters. The normalized spacial score (nSPS) is 11.3. The number of carbonyl (C=O) groups excluding carboxylic acids is 1. The van der Waals surface area contributed by atoms with Gasteiger partial charge < -0.3 is 5.32 Å². The first-order valence-electron chi connectivity index (χ1n) is 8.40. The van der Waals surface area contributed by atoms with E-state index in [1.807, 2.05) is 44.2 Å². The Labute approximate surface area is 159 Å². The first-order chi connectivity index (χ1) is 12.4. The van der Waals surface area contributed by atoms with Crippen molar-refractivity contribution in [3.05, 3.63) is 59.7 Å². The predicted octanol–water partition coefficient (Wildman–Crippen LogP) is 2.88. The van der Waals surface area contributed by atoms with Gasteiger partial charge in [-0.25, -0.2) is 13.1 Å². The zero-order valence-corrected chi connectivity index (χ0v) is 16.6. The quantitative estimate of drug-likeness (QED) is 0.508. The van der Waals surface area contributed by atoms with Gasteiger partial charge in [-0.1, -0.05) is 24.3 Å². The standard InChI is InChI=1S/C19H24N2O3S2/c1-15-8-9-18(14-16(15)2)26(23,24)21-11-10-19(22)20-12-13-25-17-6-4-3-5-7-17/h3-9,14,21H,10-13H2,1-2H3,(H,20,22). The number of hydrogen-bond donors (Lipinski definition) is 2. The highest BCUT2D eigenvalue weighted by Gasteiger charge is 2.14. The third-order valence-corrected chi connectivity index (χ3v) is 6.34. The average Bonchev–Trinajstić information content (AvgIpc) is 2.62. The molecule has 0 aliphatic carbocycles. The van der Waals surface area contributed by atoms with Crippen LogP contribution in [0.4, 0.5) is 0 Å². The molecular weight excluding hydrogens is 368 g/mol. The fourth-order valence-electron chi connectivity index (χ4n) is 2.23. The molecule has 1 amide bonds. The molecule has 0 unspecified atom stereocenters. The van der Waals surface area contributed by atoms with Crippen molar-refractivity contribution in [3.63, 3.8) is 0 Å². The Bertz CT molecular complexity index is 837. The van der Waals surface area contributed by atoms with Crippen LogP contribution in [0.15, 0.2) is 58.3 Å². The van der Waals surface area contributed by atoms with Crippen LogP contribution in [0.25, 0.3) is 0 Å². The molecule has 7 heteroatoms. The fourth-order valence-corrected chi connectivity index (χ4v) is 4.13. The predicted molar refractivity (Wildman–Crippen MR) is 106 cm³/mol. The monoisotopic (exact) mass is 392 g/mol. The van der Waals surface area contributed by atoms with Crippen LogP contribution in [-0.2, 0) is 14.8 Å². The van der Waals surface area contributed by atoms with Crippen molar-refractivity contribution in [2.24, 2.45) is 0 Å². The molecule has 2 rings (SSSR count). The molecule has 2 aromatic carbocycles. The van der Waals surface area contributed by atoms with E-state index in [-0.39, 0.29) is 23.8 Å². The lowest BCUT2D eigenvalue weighted by molar-refractivity contribution is -0.120. The summed E-state index contributed by atoms with van der Waals surface area (Å²) in [7, 11) is -3.59. The maximum atomic E-state index is 12.2. The Morgan fingerprint density at radius 2 is 1.73 bits per heavy atom. The molecule has 0 heterocycles. The summed E-state index contributed by atoms with van der Waals surface area (Å²) < 4.78 is 27.0. The van der Waals surface area contributed by atoms with Gasteiger partial charge in [0.2, 0.25) is 15.9 Å². The summed E-state index contributed by atoms with van der Waals surface area (Å²) in [6.45, 7) is 4.42. The maximum absolute atomic E-state index is 12.2. The van der Waals surface area contributed by atoms with E-state index >= 15 is 0 Å². The molecule has 0 aromatic heterocycles. The molecule has 5 nitrogen and oxygen atoms in total. The number of amides is 1. The average molecular weight is 393 g/mol. The first kappa shape index (κ1) is 20.5. The van der Waals surface area contributed by atoms with Crippen molar-refractivity contribution < 1.29 is 13.2 Å². The largest absolute Gasteiger partial charge is 0.355 e. The first-order valence-corrected chi connectivity index (χ1v) is 10.9. The number of sulfonamides is 1. The van der Waals surface area contributed by atoms with Gasteiger partial charge in [0.15, 0.2) is 0 Å². The second-order valence-corrected chi connectivity index (χ2v) is 8.84. The molecule has 140 valence electrons. The van der Waals surface area contributed by atoms with Crippen molar-refractivity contribution in [1.82, 2.24) is 10.0 Å². The van der Waals surface area contributed by atoms with Crippen LogP contribution in [-0.4, -0.2) is 33.2 Å². The van der Waals surface area contributed by atoms with Crippen LogP contribution in [0.3, 0.4) is 0 Å². The molecule has 0 spiro atoms. The van der Waals surface area contributed by atoms with E-state index in [0.717, 1.165) is 21.8 Å². The molecule has 0 aliphatic heterocycles. The van der Waals surface area contributed by atoms with Gasteiger partial charge in [0.1, 0.15) is 0 Å². The highest BCUT2D eigenvalue weighted by molar-refractivity contribution is 7.99. The van der Waals surface area contributed by atoms with Crippen molar-refractivity contribution in [2.75, 3.05) is 18.8 Å². The van der Waals surface area contributed by atoms with Gasteiger partial charge in [-0.05, 0) is 49.2 Å². The number of hydrogen-bond acceptors (Lipinski definition) is 4. The highest BCUT2D eigenvalue weighted by atomic mass is 32.2. The lowest BCUT2D eigenvalue weighted by Crippen LogP contribution is -2.31. The summed E-state index contributed by atoms with van der Waals surface area (Å²) >= 11 is 1.66. The summed E-state index contributed by atoms with van der Waals surface area (Å²) in [6, 6.07) is 14.9. The highest BCUT2D eigenvalue weighted by Crippen LogP contribution is 2.16. The molecule has 0 saturated carbocycles. The van der Waals surface area contributed by atoms with E-state index in [4.69, 9.17) is 0 Å². The minimum atomic E-state index is -3.59. The molecule has 0 saturated heterocycles. The Hall–Kier alpha value is -1.83. The van der Waals surface area contributed by atoms with Gasteiger partial charge >= 0.3 is 0 Å². The smallest absolute Gasteiger partial charge is 0.240 e. The summed E-state index contributed by atoms with van der Waals surface area (Å²) in [5.41, 5.74) is 1.96. The molecule has 2 aromatic rings. The van der Waals surface area contributed by atoms with Crippen molar-refractivity contribution >= 4 is 27.7 Å². The van der Waals surface area contributed by atoms with E-state index in [1.165, 1.54) is 0 Å². The van der Waals surface area contributed by atoms with Crippen LogP contribution in [0.1, 0.15) is 17.5 Å². The van der Waals surface area contributed by atoms with Gasteiger partial charge in [0, 0.05) is 30.2 Å². The number of thioether (sulfide) groups is 1. The van der Waals surface area contributed by atoms with Gasteiger partial charge in [-0.3, -0.25) is 4.79 Å². The van der Waals surface area contributed by atoms with Crippen LogP contribution in [0.2, 0.25) is 0 Å². The third-order valence-electron chi connectivity index (χ3n) is 3.87. The minimum Gasteiger partial charge on any atom is -0.355 e. The number of aryl methyl sites for hydroxylation is 2.